The highest BCUT2D eigenvalue weighted by molar-refractivity contribution is 7.98. The fourth-order valence-electron chi connectivity index (χ4n) is 2.62. The van der Waals surface area contributed by atoms with E-state index in [1.54, 1.807) is 36.0 Å². The van der Waals surface area contributed by atoms with Crippen LogP contribution in [0.3, 0.4) is 0 Å². The smallest absolute Gasteiger partial charge is 0.187 e. The van der Waals surface area contributed by atoms with E-state index in [2.05, 4.69) is 17.0 Å². The Morgan fingerprint density at radius 2 is 1.70 bits per heavy atom. The zero-order valence-corrected chi connectivity index (χ0v) is 15.8. The summed E-state index contributed by atoms with van der Waals surface area (Å²) < 4.78 is 5.84. The van der Waals surface area contributed by atoms with E-state index < -0.39 is 0 Å². The molecule has 0 saturated heterocycles. The summed E-state index contributed by atoms with van der Waals surface area (Å²) in [5, 5.41) is 0. The van der Waals surface area contributed by atoms with E-state index in [4.69, 9.17) is 11.3 Å². The molecule has 0 aliphatic rings. The van der Waals surface area contributed by atoms with E-state index in [-0.39, 0.29) is 5.78 Å². The van der Waals surface area contributed by atoms with Crippen LogP contribution >= 0.6 is 11.8 Å². The van der Waals surface area contributed by atoms with Gasteiger partial charge in [0.1, 0.15) is 12.4 Å². The van der Waals surface area contributed by atoms with Crippen molar-refractivity contribution in [2.45, 2.75) is 17.9 Å². The maximum atomic E-state index is 12.5. The molecule has 3 rings (SSSR count). The third-order valence-electron chi connectivity index (χ3n) is 4.15. The molecule has 3 nitrogen and oxygen atoms in total. The molecule has 0 radical (unpaired) electrons. The van der Waals surface area contributed by atoms with E-state index in [9.17, 15) is 4.79 Å². The van der Waals surface area contributed by atoms with Crippen LogP contribution in [-0.2, 0) is 13.0 Å². The first-order valence-electron chi connectivity index (χ1n) is 8.53. The standard InChI is InChI=1S/C23H19NO2S/c1-24-20-10-6-17(7-11-20)14-23(25)19-4-3-5-21(15-19)26-16-18-8-12-22(27-2)13-9-18/h3-13,15H,14,16H2,2H3. The van der Waals surface area contributed by atoms with E-state index in [1.807, 2.05) is 42.7 Å². The van der Waals surface area contributed by atoms with Crippen LogP contribution in [0.2, 0.25) is 0 Å². The summed E-state index contributed by atoms with van der Waals surface area (Å²) >= 11 is 1.71. The van der Waals surface area contributed by atoms with Gasteiger partial charge in [0.05, 0.1) is 6.57 Å². The van der Waals surface area contributed by atoms with Gasteiger partial charge < -0.3 is 4.74 Å². The predicted molar refractivity (Wildman–Crippen MR) is 110 cm³/mol. The van der Waals surface area contributed by atoms with Crippen LogP contribution in [0.4, 0.5) is 5.69 Å². The number of nitrogens with zero attached hydrogens (tertiary/aromatic N) is 1. The van der Waals surface area contributed by atoms with Gasteiger partial charge in [-0.25, -0.2) is 4.85 Å². The Bertz CT molecular complexity index is 957. The number of carbonyl (C=O) groups excluding carboxylic acids is 1. The zero-order chi connectivity index (χ0) is 19.1. The molecule has 0 saturated carbocycles. The third kappa shape index (κ3) is 5.22. The van der Waals surface area contributed by atoms with Gasteiger partial charge >= 0.3 is 0 Å². The molecule has 0 aromatic heterocycles. The molecule has 0 spiro atoms. The van der Waals surface area contributed by atoms with E-state index >= 15 is 0 Å². The van der Waals surface area contributed by atoms with Crippen LogP contribution in [0.15, 0.2) is 77.7 Å². The minimum Gasteiger partial charge on any atom is -0.489 e. The first-order valence-corrected chi connectivity index (χ1v) is 9.76. The van der Waals surface area contributed by atoms with Crippen molar-refractivity contribution in [1.29, 1.82) is 0 Å². The molecular weight excluding hydrogens is 354 g/mol. The SMILES string of the molecule is [C-]#[N+]c1ccc(CC(=O)c2cccc(OCc3ccc(SC)cc3)c2)cc1. The van der Waals surface area contributed by atoms with E-state index in [0.29, 0.717) is 30.0 Å². The Labute approximate surface area is 163 Å². The number of thioether (sulfide) groups is 1. The maximum Gasteiger partial charge on any atom is 0.187 e. The number of benzene rings is 3. The number of rotatable bonds is 7. The molecule has 0 aliphatic carbocycles. The summed E-state index contributed by atoms with van der Waals surface area (Å²) in [6, 6.07) is 22.6. The van der Waals surface area contributed by atoms with Crippen LogP contribution in [0.5, 0.6) is 5.75 Å². The van der Waals surface area contributed by atoms with Crippen molar-refractivity contribution in [2.75, 3.05) is 6.26 Å². The van der Waals surface area contributed by atoms with E-state index in [0.717, 1.165) is 11.1 Å². The number of hydrogen-bond acceptors (Lipinski definition) is 3. The highest BCUT2D eigenvalue weighted by atomic mass is 32.2. The van der Waals surface area contributed by atoms with Crippen molar-refractivity contribution >= 4 is 23.2 Å². The normalized spacial score (nSPS) is 10.2. The van der Waals surface area contributed by atoms with Crippen LogP contribution in [0.1, 0.15) is 21.5 Å². The lowest BCUT2D eigenvalue weighted by Crippen LogP contribution is -2.04. The second kappa shape index (κ2) is 9.07. The molecule has 0 fully saturated rings. The Balaban J connectivity index is 1.63. The fraction of sp³-hybridized carbons (Fsp3) is 0.130. The molecular formula is C23H19NO2S. The van der Waals surface area contributed by atoms with Crippen molar-refractivity contribution in [3.05, 3.63) is 101 Å². The number of hydrogen-bond donors (Lipinski definition) is 0. The molecule has 4 heteroatoms. The van der Waals surface area contributed by atoms with Gasteiger partial charge in [0, 0.05) is 16.9 Å². The van der Waals surface area contributed by atoms with Gasteiger partial charge in [-0.1, -0.05) is 48.5 Å². The molecule has 0 heterocycles. The molecule has 0 atom stereocenters. The number of carbonyl (C=O) groups is 1. The molecule has 0 aliphatic heterocycles. The van der Waals surface area contributed by atoms with Crippen molar-refractivity contribution in [2.24, 2.45) is 0 Å². The zero-order valence-electron chi connectivity index (χ0n) is 15.0. The van der Waals surface area contributed by atoms with Crippen molar-refractivity contribution < 1.29 is 9.53 Å². The van der Waals surface area contributed by atoms with Crippen molar-refractivity contribution in [1.82, 2.24) is 0 Å². The second-order valence-electron chi connectivity index (χ2n) is 6.04. The topological polar surface area (TPSA) is 30.7 Å². The van der Waals surface area contributed by atoms with Gasteiger partial charge in [0.2, 0.25) is 0 Å². The fourth-order valence-corrected chi connectivity index (χ4v) is 3.03. The first-order chi connectivity index (χ1) is 13.2. The lowest BCUT2D eigenvalue weighted by molar-refractivity contribution is 0.0992. The maximum absolute atomic E-state index is 12.5. The number of Topliss-reactive ketones (excluding diaryl/α,β-unsaturated/α-hetero) is 1. The largest absolute Gasteiger partial charge is 0.489 e. The highest BCUT2D eigenvalue weighted by Gasteiger charge is 2.09. The van der Waals surface area contributed by atoms with Gasteiger partial charge in [0.15, 0.2) is 11.5 Å². The number of ketones is 1. The van der Waals surface area contributed by atoms with Crippen LogP contribution in [0.25, 0.3) is 4.85 Å². The van der Waals surface area contributed by atoms with Crippen molar-refractivity contribution in [3.63, 3.8) is 0 Å². The van der Waals surface area contributed by atoms with Crippen molar-refractivity contribution in [3.8, 4) is 5.75 Å². The summed E-state index contributed by atoms with van der Waals surface area (Å²) in [5.74, 6) is 0.707. The van der Waals surface area contributed by atoms with Crippen LogP contribution < -0.4 is 4.74 Å². The summed E-state index contributed by atoms with van der Waals surface area (Å²) in [4.78, 5) is 17.1. The average molecular weight is 373 g/mol. The molecule has 134 valence electrons. The summed E-state index contributed by atoms with van der Waals surface area (Å²) in [6.45, 7) is 7.44. The van der Waals surface area contributed by atoms with E-state index in [1.165, 1.54) is 4.90 Å². The van der Waals surface area contributed by atoms with Gasteiger partial charge in [-0.2, -0.15) is 0 Å². The Morgan fingerprint density at radius 1 is 1.00 bits per heavy atom. The first kappa shape index (κ1) is 18.8. The second-order valence-corrected chi connectivity index (χ2v) is 6.92. The van der Waals surface area contributed by atoms with Gasteiger partial charge in [-0.15, -0.1) is 11.8 Å². The molecule has 3 aromatic rings. The quantitative estimate of drug-likeness (QED) is 0.291. The lowest BCUT2D eigenvalue weighted by Gasteiger charge is -2.09. The molecule has 3 aromatic carbocycles. The summed E-state index contributed by atoms with van der Waals surface area (Å²) in [5.41, 5.74) is 3.18. The molecule has 0 amide bonds. The molecule has 0 unspecified atom stereocenters. The Hall–Kier alpha value is -3.03. The molecule has 0 N–H and O–H groups in total. The monoisotopic (exact) mass is 373 g/mol. The Morgan fingerprint density at radius 3 is 2.37 bits per heavy atom. The average Bonchev–Trinajstić information content (AvgIpc) is 2.73. The van der Waals surface area contributed by atoms with Crippen LogP contribution in [0, 0.1) is 6.57 Å². The van der Waals surface area contributed by atoms with Crippen LogP contribution in [-0.4, -0.2) is 12.0 Å². The molecule has 27 heavy (non-hydrogen) atoms. The van der Waals surface area contributed by atoms with Gasteiger partial charge in [-0.05, 0) is 41.6 Å². The minimum atomic E-state index is 0.0281. The lowest BCUT2D eigenvalue weighted by atomic mass is 10.0. The van der Waals surface area contributed by atoms with Gasteiger partial charge in [0.25, 0.3) is 0 Å². The Kier molecular flexibility index (Phi) is 6.30. The number of ether oxygens (including phenoxy) is 1. The summed E-state index contributed by atoms with van der Waals surface area (Å²) in [7, 11) is 0. The third-order valence-corrected chi connectivity index (χ3v) is 4.89. The summed E-state index contributed by atoms with van der Waals surface area (Å²) in [6.07, 6.45) is 2.35. The van der Waals surface area contributed by atoms with Gasteiger partial charge in [-0.3, -0.25) is 4.79 Å². The highest BCUT2D eigenvalue weighted by Crippen LogP contribution is 2.20. The minimum absolute atomic E-state index is 0.0281. The molecule has 0 bridgehead atoms. The predicted octanol–water partition coefficient (Wildman–Crippen LogP) is 5.96.